The van der Waals surface area contributed by atoms with Crippen LogP contribution in [0.5, 0.6) is 0 Å². The maximum absolute atomic E-state index is 12.9. The first-order valence-corrected chi connectivity index (χ1v) is 12.9. The Bertz CT molecular complexity index is 1170. The highest BCUT2D eigenvalue weighted by molar-refractivity contribution is 7.90. The first-order chi connectivity index (χ1) is 14.0. The molecule has 1 aromatic carbocycles. The lowest BCUT2D eigenvalue weighted by Crippen LogP contribution is -2.41. The summed E-state index contributed by atoms with van der Waals surface area (Å²) in [6.45, 7) is 2.37. The number of hydrogen-bond donors (Lipinski definition) is 1. The molecule has 1 saturated heterocycles. The Hall–Kier alpha value is -2.08. The predicted molar refractivity (Wildman–Crippen MR) is 112 cm³/mol. The Morgan fingerprint density at radius 1 is 1.17 bits per heavy atom. The van der Waals surface area contributed by atoms with Gasteiger partial charge in [0, 0.05) is 24.5 Å². The standard InChI is InChI=1S/C18H21ClN4O5S2/c1-12-5-3-4-10-23(12)30(27,28)14-8-6-13(7-9-14)21-17(24)16-15(19)11-20-18(22-16)29(2,25)26/h6-9,11-12H,3-5,10H2,1-2H3,(H,21,24)/t12-/m1/s1. The largest absolute Gasteiger partial charge is 0.321 e. The third kappa shape index (κ3) is 4.80. The second-order valence-electron chi connectivity index (χ2n) is 7.06. The van der Waals surface area contributed by atoms with Crippen LogP contribution in [0.2, 0.25) is 5.02 Å². The molecule has 1 fully saturated rings. The monoisotopic (exact) mass is 472 g/mol. The number of nitrogens with one attached hydrogen (secondary N) is 1. The molecule has 30 heavy (non-hydrogen) atoms. The number of halogens is 1. The number of sulfonamides is 1. The van der Waals surface area contributed by atoms with Gasteiger partial charge in [-0.3, -0.25) is 4.79 Å². The zero-order chi connectivity index (χ0) is 22.1. The number of sulfone groups is 1. The van der Waals surface area contributed by atoms with Crippen molar-refractivity contribution >= 4 is 43.1 Å². The SMILES string of the molecule is C[C@@H]1CCCCN1S(=O)(=O)c1ccc(NC(=O)c2nc(S(C)(=O)=O)ncc2Cl)cc1. The Morgan fingerprint density at radius 3 is 2.43 bits per heavy atom. The van der Waals surface area contributed by atoms with Gasteiger partial charge in [0.25, 0.3) is 5.91 Å². The van der Waals surface area contributed by atoms with Gasteiger partial charge in [0.1, 0.15) is 0 Å². The highest BCUT2D eigenvalue weighted by Crippen LogP contribution is 2.26. The molecule has 0 aliphatic carbocycles. The number of anilines is 1. The number of amides is 1. The number of carbonyl (C=O) groups excluding carboxylic acids is 1. The molecule has 162 valence electrons. The minimum absolute atomic E-state index is 0.0629. The van der Waals surface area contributed by atoms with Crippen molar-refractivity contribution in [2.24, 2.45) is 0 Å². The lowest BCUT2D eigenvalue weighted by molar-refractivity contribution is 0.102. The number of nitrogens with zero attached hydrogens (tertiary/aromatic N) is 3. The van der Waals surface area contributed by atoms with E-state index < -0.39 is 30.9 Å². The molecular weight excluding hydrogens is 452 g/mol. The predicted octanol–water partition coefficient (Wildman–Crippen LogP) is 2.35. The fraction of sp³-hybridized carbons (Fsp3) is 0.389. The van der Waals surface area contributed by atoms with Crippen LogP contribution in [0.4, 0.5) is 5.69 Å². The van der Waals surface area contributed by atoms with Crippen molar-refractivity contribution in [3.8, 4) is 0 Å². The molecule has 0 spiro atoms. The molecule has 3 rings (SSSR count). The average Bonchev–Trinajstić information content (AvgIpc) is 2.68. The van der Waals surface area contributed by atoms with Gasteiger partial charge in [-0.1, -0.05) is 18.0 Å². The first-order valence-electron chi connectivity index (χ1n) is 9.16. The lowest BCUT2D eigenvalue weighted by atomic mass is 10.1. The van der Waals surface area contributed by atoms with Crippen molar-refractivity contribution in [1.29, 1.82) is 0 Å². The van der Waals surface area contributed by atoms with E-state index in [1.165, 1.54) is 28.6 Å². The molecule has 1 amide bonds. The molecule has 2 aromatic rings. The zero-order valence-corrected chi connectivity index (χ0v) is 18.8. The van der Waals surface area contributed by atoms with Crippen molar-refractivity contribution < 1.29 is 21.6 Å². The number of rotatable bonds is 5. The van der Waals surface area contributed by atoms with Crippen molar-refractivity contribution in [2.45, 2.75) is 42.3 Å². The minimum atomic E-state index is -3.72. The summed E-state index contributed by atoms with van der Waals surface area (Å²) in [6.07, 6.45) is 4.61. The van der Waals surface area contributed by atoms with Gasteiger partial charge in [0.05, 0.1) is 16.1 Å². The topological polar surface area (TPSA) is 126 Å². The maximum atomic E-state index is 12.9. The summed E-state index contributed by atoms with van der Waals surface area (Å²) in [6, 6.07) is 5.66. The van der Waals surface area contributed by atoms with Crippen LogP contribution in [0.1, 0.15) is 36.7 Å². The number of carbonyl (C=O) groups is 1. The summed E-state index contributed by atoms with van der Waals surface area (Å²) in [7, 11) is -7.34. The van der Waals surface area contributed by atoms with Crippen LogP contribution >= 0.6 is 11.6 Å². The van der Waals surface area contributed by atoms with Crippen LogP contribution in [0.3, 0.4) is 0 Å². The molecule has 0 unspecified atom stereocenters. The van der Waals surface area contributed by atoms with Crippen LogP contribution in [-0.2, 0) is 19.9 Å². The van der Waals surface area contributed by atoms with Gasteiger partial charge in [-0.15, -0.1) is 0 Å². The van der Waals surface area contributed by atoms with Crippen molar-refractivity contribution in [3.05, 3.63) is 41.2 Å². The number of piperidine rings is 1. The van der Waals surface area contributed by atoms with E-state index in [2.05, 4.69) is 15.3 Å². The van der Waals surface area contributed by atoms with E-state index in [9.17, 15) is 21.6 Å². The van der Waals surface area contributed by atoms with Crippen molar-refractivity contribution in [3.63, 3.8) is 0 Å². The van der Waals surface area contributed by atoms with E-state index >= 15 is 0 Å². The zero-order valence-electron chi connectivity index (χ0n) is 16.4. The molecule has 1 atom stereocenters. The quantitative estimate of drug-likeness (QED) is 0.661. The van der Waals surface area contributed by atoms with Crippen LogP contribution in [0, 0.1) is 0 Å². The molecule has 1 N–H and O–H groups in total. The highest BCUT2D eigenvalue weighted by Gasteiger charge is 2.30. The van der Waals surface area contributed by atoms with Crippen LogP contribution in [0.15, 0.2) is 40.5 Å². The fourth-order valence-corrected chi connectivity index (χ4v) is 5.53. The van der Waals surface area contributed by atoms with Gasteiger partial charge in [0.2, 0.25) is 25.0 Å². The molecule has 9 nitrogen and oxygen atoms in total. The third-order valence-corrected chi connectivity index (χ3v) is 7.89. The normalized spacial score (nSPS) is 18.2. The summed E-state index contributed by atoms with van der Waals surface area (Å²) < 4.78 is 50.5. The van der Waals surface area contributed by atoms with Gasteiger partial charge >= 0.3 is 0 Å². The van der Waals surface area contributed by atoms with Crippen molar-refractivity contribution in [2.75, 3.05) is 18.1 Å². The number of benzene rings is 1. The van der Waals surface area contributed by atoms with Gasteiger partial charge in [-0.05, 0) is 44.0 Å². The fourth-order valence-electron chi connectivity index (χ4n) is 3.15. The summed E-state index contributed by atoms with van der Waals surface area (Å²) in [4.78, 5) is 19.9. The molecule has 2 heterocycles. The Morgan fingerprint density at radius 2 is 1.83 bits per heavy atom. The Kier molecular flexibility index (Phi) is 6.46. The highest BCUT2D eigenvalue weighted by atomic mass is 35.5. The van der Waals surface area contributed by atoms with Crippen molar-refractivity contribution in [1.82, 2.24) is 14.3 Å². The number of aromatic nitrogens is 2. The first kappa shape index (κ1) is 22.6. The third-order valence-electron chi connectivity index (χ3n) is 4.73. The molecular formula is C18H21ClN4O5S2. The van der Waals surface area contributed by atoms with E-state index in [0.717, 1.165) is 31.7 Å². The summed E-state index contributed by atoms with van der Waals surface area (Å²) in [5.41, 5.74) is 0.00663. The summed E-state index contributed by atoms with van der Waals surface area (Å²) >= 11 is 5.93. The average molecular weight is 473 g/mol. The second kappa shape index (κ2) is 8.58. The molecule has 1 aliphatic heterocycles. The van der Waals surface area contributed by atoms with E-state index in [0.29, 0.717) is 12.2 Å². The molecule has 1 aliphatic rings. The van der Waals surface area contributed by atoms with Crippen LogP contribution in [0.25, 0.3) is 0 Å². The van der Waals surface area contributed by atoms with E-state index in [1.54, 1.807) is 0 Å². The molecule has 0 saturated carbocycles. The van der Waals surface area contributed by atoms with E-state index in [4.69, 9.17) is 11.6 Å². The number of hydrogen-bond acceptors (Lipinski definition) is 7. The van der Waals surface area contributed by atoms with E-state index in [-0.39, 0.29) is 21.7 Å². The van der Waals surface area contributed by atoms with Crippen LogP contribution in [-0.4, -0.2) is 55.9 Å². The van der Waals surface area contributed by atoms with Gasteiger partial charge in [-0.25, -0.2) is 26.8 Å². The molecule has 1 aromatic heterocycles. The van der Waals surface area contributed by atoms with Gasteiger partial charge < -0.3 is 5.32 Å². The summed E-state index contributed by atoms with van der Waals surface area (Å²) in [5, 5.41) is 1.90. The smallest absolute Gasteiger partial charge is 0.275 e. The lowest BCUT2D eigenvalue weighted by Gasteiger charge is -2.32. The molecule has 0 bridgehead atoms. The summed E-state index contributed by atoms with van der Waals surface area (Å²) in [5.74, 6) is -0.743. The maximum Gasteiger partial charge on any atom is 0.275 e. The van der Waals surface area contributed by atoms with Gasteiger partial charge in [0.15, 0.2) is 5.69 Å². The van der Waals surface area contributed by atoms with E-state index in [1.807, 2.05) is 6.92 Å². The van der Waals surface area contributed by atoms with Crippen LogP contribution < -0.4 is 5.32 Å². The minimum Gasteiger partial charge on any atom is -0.321 e. The second-order valence-corrected chi connectivity index (χ2v) is 11.3. The molecule has 0 radical (unpaired) electrons. The Balaban J connectivity index is 1.80. The molecule has 12 heteroatoms. The van der Waals surface area contributed by atoms with Gasteiger partial charge in [-0.2, -0.15) is 4.31 Å². The Labute approximate surface area is 180 Å².